The van der Waals surface area contributed by atoms with Crippen LogP contribution in [0, 0.1) is 6.92 Å². The highest BCUT2D eigenvalue weighted by Crippen LogP contribution is 2.22. The van der Waals surface area contributed by atoms with Gasteiger partial charge < -0.3 is 20.1 Å². The van der Waals surface area contributed by atoms with E-state index in [9.17, 15) is 4.79 Å². The number of guanidine groups is 1. The molecule has 4 rings (SSSR count). The average Bonchev–Trinajstić information content (AvgIpc) is 3.32. The molecule has 1 fully saturated rings. The summed E-state index contributed by atoms with van der Waals surface area (Å²) in [6.45, 7) is 4.55. The summed E-state index contributed by atoms with van der Waals surface area (Å²) in [5.41, 5.74) is 4.58. The molecule has 29 heavy (non-hydrogen) atoms. The van der Waals surface area contributed by atoms with E-state index in [0.717, 1.165) is 31.2 Å². The van der Waals surface area contributed by atoms with Gasteiger partial charge in [0.05, 0.1) is 11.9 Å². The van der Waals surface area contributed by atoms with Crippen molar-refractivity contribution in [3.05, 3.63) is 47.9 Å². The normalized spacial score (nSPS) is 15.4. The first-order valence-electron chi connectivity index (χ1n) is 9.87. The van der Waals surface area contributed by atoms with Gasteiger partial charge >= 0.3 is 0 Å². The second-order valence-electron chi connectivity index (χ2n) is 7.37. The van der Waals surface area contributed by atoms with Crippen LogP contribution in [-0.2, 0) is 18.3 Å². The van der Waals surface area contributed by atoms with Crippen LogP contribution in [0.1, 0.15) is 11.1 Å². The van der Waals surface area contributed by atoms with Crippen LogP contribution < -0.4 is 10.2 Å². The smallest absolute Gasteiger partial charge is 0.246 e. The van der Waals surface area contributed by atoms with Gasteiger partial charge in [0.15, 0.2) is 5.96 Å². The predicted molar refractivity (Wildman–Crippen MR) is 115 cm³/mol. The van der Waals surface area contributed by atoms with Gasteiger partial charge in [0.1, 0.15) is 6.54 Å². The van der Waals surface area contributed by atoms with Crippen molar-refractivity contribution in [3.8, 4) is 0 Å². The van der Waals surface area contributed by atoms with Crippen LogP contribution in [0.15, 0.2) is 41.8 Å². The zero-order valence-electron chi connectivity index (χ0n) is 17.1. The second kappa shape index (κ2) is 7.98. The highest BCUT2D eigenvalue weighted by Gasteiger charge is 2.27. The van der Waals surface area contributed by atoms with Gasteiger partial charge in [-0.05, 0) is 30.5 Å². The topological polar surface area (TPSA) is 81.6 Å². The van der Waals surface area contributed by atoms with E-state index in [1.54, 1.807) is 22.8 Å². The number of aryl methyl sites for hydroxylation is 2. The highest BCUT2D eigenvalue weighted by atomic mass is 16.2. The molecule has 2 N–H and O–H groups in total. The minimum Gasteiger partial charge on any atom is -0.361 e. The third-order valence-corrected chi connectivity index (χ3v) is 5.41. The molecule has 3 heterocycles. The van der Waals surface area contributed by atoms with Crippen LogP contribution in [0.5, 0.6) is 0 Å². The lowest BCUT2D eigenvalue weighted by Crippen LogP contribution is -2.55. The Balaban J connectivity index is 1.36. The van der Waals surface area contributed by atoms with E-state index in [1.807, 2.05) is 18.1 Å². The van der Waals surface area contributed by atoms with Crippen LogP contribution in [0.2, 0.25) is 0 Å². The molecule has 1 aromatic carbocycles. The Morgan fingerprint density at radius 3 is 2.93 bits per heavy atom. The molecular weight excluding hydrogens is 366 g/mol. The van der Waals surface area contributed by atoms with Gasteiger partial charge in [-0.25, -0.2) is 0 Å². The van der Waals surface area contributed by atoms with Gasteiger partial charge in [0.2, 0.25) is 5.91 Å². The quantitative estimate of drug-likeness (QED) is 0.522. The number of piperazine rings is 1. The van der Waals surface area contributed by atoms with Crippen LogP contribution in [0.25, 0.3) is 10.9 Å². The number of benzene rings is 1. The fraction of sp³-hybridized carbons (Fsp3) is 0.381. The minimum absolute atomic E-state index is 0.0550. The molecule has 0 spiro atoms. The Labute approximate surface area is 170 Å². The van der Waals surface area contributed by atoms with Crippen LogP contribution in [-0.4, -0.2) is 64.8 Å². The highest BCUT2D eigenvalue weighted by molar-refractivity contribution is 5.98. The number of aromatic nitrogens is 3. The SMILES string of the molecule is CN=C(NCCc1c[nH]c2cccc(C)c12)N1CCN(c2cnn(C)c2)C(=O)C1. The van der Waals surface area contributed by atoms with Crippen LogP contribution in [0.4, 0.5) is 5.69 Å². The number of aliphatic imine (C=N–C) groups is 1. The number of H-pyrrole nitrogens is 1. The van der Waals surface area contributed by atoms with Gasteiger partial charge in [0.25, 0.3) is 0 Å². The molecule has 0 unspecified atom stereocenters. The third-order valence-electron chi connectivity index (χ3n) is 5.41. The van der Waals surface area contributed by atoms with Gasteiger partial charge in [0, 0.05) is 57.0 Å². The van der Waals surface area contributed by atoms with E-state index < -0.39 is 0 Å². The molecule has 8 nitrogen and oxygen atoms in total. The van der Waals surface area contributed by atoms with Crippen molar-refractivity contribution in [2.75, 3.05) is 38.1 Å². The average molecular weight is 393 g/mol. The van der Waals surface area contributed by atoms with Crippen molar-refractivity contribution >= 4 is 28.5 Å². The molecule has 2 aromatic heterocycles. The summed E-state index contributed by atoms with van der Waals surface area (Å²) in [5.74, 6) is 0.820. The fourth-order valence-electron chi connectivity index (χ4n) is 3.96. The van der Waals surface area contributed by atoms with E-state index in [-0.39, 0.29) is 5.91 Å². The summed E-state index contributed by atoms with van der Waals surface area (Å²) >= 11 is 0. The molecule has 1 amide bonds. The number of hydrogen-bond acceptors (Lipinski definition) is 3. The van der Waals surface area contributed by atoms with E-state index in [0.29, 0.717) is 13.1 Å². The third kappa shape index (κ3) is 3.83. The molecule has 1 saturated heterocycles. The standard InChI is InChI=1S/C21H27N7O/c1-15-5-4-6-18-20(15)16(11-24-18)7-8-23-21(22-2)27-9-10-28(19(29)14-27)17-12-25-26(3)13-17/h4-6,11-13,24H,7-10,14H2,1-3H3,(H,22,23). The number of hydrogen-bond donors (Lipinski definition) is 2. The van der Waals surface area contributed by atoms with Crippen molar-refractivity contribution in [1.29, 1.82) is 0 Å². The first-order valence-corrected chi connectivity index (χ1v) is 9.87. The molecule has 0 radical (unpaired) electrons. The maximum Gasteiger partial charge on any atom is 0.246 e. The number of aromatic amines is 1. The molecule has 3 aromatic rings. The summed E-state index contributed by atoms with van der Waals surface area (Å²) in [4.78, 5) is 24.2. The lowest BCUT2D eigenvalue weighted by molar-refractivity contribution is -0.120. The lowest BCUT2D eigenvalue weighted by atomic mass is 10.1. The first-order chi connectivity index (χ1) is 14.1. The summed E-state index contributed by atoms with van der Waals surface area (Å²) in [7, 11) is 3.61. The molecular formula is C21H27N7O. The second-order valence-corrected chi connectivity index (χ2v) is 7.37. The molecule has 1 aliphatic rings. The monoisotopic (exact) mass is 393 g/mol. The number of nitrogens with zero attached hydrogens (tertiary/aromatic N) is 5. The van der Waals surface area contributed by atoms with Crippen molar-refractivity contribution in [2.45, 2.75) is 13.3 Å². The zero-order valence-corrected chi connectivity index (χ0v) is 17.1. The molecule has 0 aliphatic carbocycles. The van der Waals surface area contributed by atoms with E-state index in [1.165, 1.54) is 22.0 Å². The van der Waals surface area contributed by atoms with Gasteiger partial charge in [-0.2, -0.15) is 5.10 Å². The Kier molecular flexibility index (Phi) is 5.24. The molecule has 1 aliphatic heterocycles. The summed E-state index contributed by atoms with van der Waals surface area (Å²) in [5, 5.41) is 8.87. The molecule has 8 heteroatoms. The largest absolute Gasteiger partial charge is 0.361 e. The van der Waals surface area contributed by atoms with E-state index in [2.05, 4.69) is 51.7 Å². The lowest BCUT2D eigenvalue weighted by Gasteiger charge is -2.35. The summed E-state index contributed by atoms with van der Waals surface area (Å²) in [6.07, 6.45) is 6.55. The number of anilines is 1. The van der Waals surface area contributed by atoms with Crippen molar-refractivity contribution < 1.29 is 4.79 Å². The number of rotatable bonds is 4. The first kappa shape index (κ1) is 19.0. The maximum atomic E-state index is 12.6. The fourth-order valence-corrected chi connectivity index (χ4v) is 3.96. The molecule has 0 saturated carbocycles. The van der Waals surface area contributed by atoms with Gasteiger partial charge in [-0.15, -0.1) is 0 Å². The number of carbonyl (C=O) groups is 1. The maximum absolute atomic E-state index is 12.6. The Morgan fingerprint density at radius 2 is 2.21 bits per heavy atom. The molecule has 0 bridgehead atoms. The summed E-state index contributed by atoms with van der Waals surface area (Å²) in [6, 6.07) is 6.31. The van der Waals surface area contributed by atoms with E-state index in [4.69, 9.17) is 0 Å². The van der Waals surface area contributed by atoms with Crippen molar-refractivity contribution in [3.63, 3.8) is 0 Å². The predicted octanol–water partition coefficient (Wildman–Crippen LogP) is 1.68. The Hall–Kier alpha value is -3.29. The molecule has 0 atom stereocenters. The van der Waals surface area contributed by atoms with Gasteiger partial charge in [-0.3, -0.25) is 14.5 Å². The summed E-state index contributed by atoms with van der Waals surface area (Å²) < 4.78 is 1.71. The van der Waals surface area contributed by atoms with Gasteiger partial charge in [-0.1, -0.05) is 12.1 Å². The number of carbonyl (C=O) groups excluding carboxylic acids is 1. The molecule has 152 valence electrons. The zero-order chi connectivity index (χ0) is 20.4. The number of nitrogens with one attached hydrogen (secondary N) is 2. The number of fused-ring (bicyclic) bond motifs is 1. The van der Waals surface area contributed by atoms with Crippen LogP contribution >= 0.6 is 0 Å². The van der Waals surface area contributed by atoms with Crippen molar-refractivity contribution in [1.82, 2.24) is 25.0 Å². The van der Waals surface area contributed by atoms with E-state index >= 15 is 0 Å². The Morgan fingerprint density at radius 1 is 1.34 bits per heavy atom. The Bertz CT molecular complexity index is 1050. The number of amides is 1. The van der Waals surface area contributed by atoms with Crippen LogP contribution in [0.3, 0.4) is 0 Å². The minimum atomic E-state index is 0.0550. The van der Waals surface area contributed by atoms with Crippen molar-refractivity contribution in [2.24, 2.45) is 12.0 Å².